The molecule has 1 heterocycles. The molecule has 0 saturated carbocycles. The van der Waals surface area contributed by atoms with Crippen molar-refractivity contribution in [1.82, 2.24) is 9.97 Å². The summed E-state index contributed by atoms with van der Waals surface area (Å²) in [5.74, 6) is -1.39. The minimum atomic E-state index is -0.833. The average molecular weight is 183 g/mol. The number of nitrogens with two attached hydrogens (primary N) is 1. The van der Waals surface area contributed by atoms with Gasteiger partial charge in [0, 0.05) is 19.3 Å². The van der Waals surface area contributed by atoms with Gasteiger partial charge < -0.3 is 10.8 Å². The van der Waals surface area contributed by atoms with Crippen molar-refractivity contribution in [2.45, 2.75) is 6.92 Å². The quantitative estimate of drug-likeness (QED) is 0.619. The van der Waals surface area contributed by atoms with Crippen molar-refractivity contribution in [3.8, 4) is 0 Å². The average Bonchev–Trinajstić information content (AvgIpc) is 2.05. The molecule has 13 heavy (non-hydrogen) atoms. The summed E-state index contributed by atoms with van der Waals surface area (Å²) >= 11 is 0. The van der Waals surface area contributed by atoms with E-state index in [4.69, 9.17) is 15.6 Å². The Morgan fingerprint density at radius 1 is 1.46 bits per heavy atom. The lowest BCUT2D eigenvalue weighted by molar-refractivity contribution is -0.134. The minimum absolute atomic E-state index is 0.192. The van der Waals surface area contributed by atoms with Crippen LogP contribution in [-0.4, -0.2) is 27.0 Å². The van der Waals surface area contributed by atoms with E-state index < -0.39 is 11.9 Å². The number of carboxylic acid groups (broad SMARTS) is 1. The van der Waals surface area contributed by atoms with Gasteiger partial charge in [-0.2, -0.15) is 0 Å². The Morgan fingerprint density at radius 3 is 2.23 bits per heavy atom. The summed E-state index contributed by atoms with van der Waals surface area (Å²) in [6.45, 7) is 1.08. The van der Waals surface area contributed by atoms with Crippen LogP contribution in [0.3, 0.4) is 0 Å². The predicted molar refractivity (Wildman–Crippen MR) is 43.9 cm³/mol. The SMILES string of the molecule is CC(=O)O.NC(=O)c1cnccn1. The fourth-order valence-corrected chi connectivity index (χ4v) is 0.426. The maximum atomic E-state index is 10.3. The third-order valence-corrected chi connectivity index (χ3v) is 0.816. The van der Waals surface area contributed by atoms with Crippen molar-refractivity contribution in [3.05, 3.63) is 24.3 Å². The summed E-state index contributed by atoms with van der Waals surface area (Å²) < 4.78 is 0. The Labute approximate surface area is 74.4 Å². The van der Waals surface area contributed by atoms with Crippen molar-refractivity contribution >= 4 is 11.9 Å². The zero-order valence-electron chi connectivity index (χ0n) is 6.97. The molecule has 1 amide bonds. The molecule has 0 aromatic carbocycles. The van der Waals surface area contributed by atoms with E-state index in [1.54, 1.807) is 0 Å². The lowest BCUT2D eigenvalue weighted by Crippen LogP contribution is -2.12. The largest absolute Gasteiger partial charge is 0.481 e. The van der Waals surface area contributed by atoms with Crippen LogP contribution in [0.5, 0.6) is 0 Å². The van der Waals surface area contributed by atoms with E-state index in [1.165, 1.54) is 18.6 Å². The molecule has 0 aliphatic carbocycles. The van der Waals surface area contributed by atoms with Crippen LogP contribution in [0.1, 0.15) is 17.4 Å². The van der Waals surface area contributed by atoms with Crippen molar-refractivity contribution in [2.75, 3.05) is 0 Å². The van der Waals surface area contributed by atoms with E-state index in [0.717, 1.165) is 6.92 Å². The smallest absolute Gasteiger partial charge is 0.300 e. The lowest BCUT2D eigenvalue weighted by Gasteiger charge is -1.87. The predicted octanol–water partition coefficient (Wildman–Crippen LogP) is -0.334. The molecule has 1 aromatic rings. The molecule has 70 valence electrons. The van der Waals surface area contributed by atoms with Crippen molar-refractivity contribution in [1.29, 1.82) is 0 Å². The maximum Gasteiger partial charge on any atom is 0.300 e. The second-order valence-electron chi connectivity index (χ2n) is 1.97. The van der Waals surface area contributed by atoms with Gasteiger partial charge in [0.05, 0.1) is 6.20 Å². The van der Waals surface area contributed by atoms with E-state index >= 15 is 0 Å². The van der Waals surface area contributed by atoms with Crippen LogP contribution >= 0.6 is 0 Å². The number of primary amides is 1. The Balaban J connectivity index is 0.000000310. The summed E-state index contributed by atoms with van der Waals surface area (Å²) in [7, 11) is 0. The van der Waals surface area contributed by atoms with E-state index in [9.17, 15) is 4.79 Å². The first-order chi connectivity index (χ1) is 6.04. The topological polar surface area (TPSA) is 106 Å². The van der Waals surface area contributed by atoms with Gasteiger partial charge in [0.2, 0.25) is 0 Å². The summed E-state index contributed by atoms with van der Waals surface area (Å²) in [6, 6.07) is 0. The number of aliphatic carboxylic acids is 1. The molecule has 6 nitrogen and oxygen atoms in total. The van der Waals surface area contributed by atoms with Crippen LogP contribution in [0, 0.1) is 0 Å². The number of hydrogen-bond acceptors (Lipinski definition) is 4. The number of nitrogens with zero attached hydrogens (tertiary/aromatic N) is 2. The van der Waals surface area contributed by atoms with E-state index in [0.29, 0.717) is 0 Å². The second-order valence-corrected chi connectivity index (χ2v) is 1.97. The summed E-state index contributed by atoms with van der Waals surface area (Å²) in [4.78, 5) is 26.6. The van der Waals surface area contributed by atoms with Crippen LogP contribution in [0.15, 0.2) is 18.6 Å². The highest BCUT2D eigenvalue weighted by Crippen LogP contribution is 1.84. The maximum absolute atomic E-state index is 10.3. The van der Waals surface area contributed by atoms with Crippen molar-refractivity contribution in [2.24, 2.45) is 5.73 Å². The summed E-state index contributed by atoms with van der Waals surface area (Å²) in [5, 5.41) is 7.42. The number of amides is 1. The van der Waals surface area contributed by atoms with Crippen LogP contribution in [0.2, 0.25) is 0 Å². The normalized spacial score (nSPS) is 8.08. The first kappa shape index (κ1) is 11.0. The van der Waals surface area contributed by atoms with Crippen LogP contribution in [-0.2, 0) is 4.79 Å². The third kappa shape index (κ3) is 6.42. The van der Waals surface area contributed by atoms with Gasteiger partial charge in [-0.15, -0.1) is 0 Å². The van der Waals surface area contributed by atoms with Gasteiger partial charge in [-0.3, -0.25) is 14.6 Å². The Bertz CT molecular complexity index is 282. The van der Waals surface area contributed by atoms with Gasteiger partial charge in [0.25, 0.3) is 11.9 Å². The van der Waals surface area contributed by atoms with Gasteiger partial charge in [0.1, 0.15) is 5.69 Å². The molecule has 1 rings (SSSR count). The lowest BCUT2D eigenvalue weighted by atomic mass is 10.4. The van der Waals surface area contributed by atoms with Gasteiger partial charge in [-0.05, 0) is 0 Å². The first-order valence-electron chi connectivity index (χ1n) is 3.29. The van der Waals surface area contributed by atoms with E-state index in [2.05, 4.69) is 9.97 Å². The van der Waals surface area contributed by atoms with Gasteiger partial charge in [0.15, 0.2) is 0 Å². The van der Waals surface area contributed by atoms with Gasteiger partial charge in [-0.1, -0.05) is 0 Å². The standard InChI is InChI=1S/C5H5N3O.C2H4O2/c6-5(9)4-3-7-1-2-8-4;1-2(3)4/h1-3H,(H2,6,9);1H3,(H,3,4). The van der Waals surface area contributed by atoms with E-state index in [-0.39, 0.29) is 5.69 Å². The fourth-order valence-electron chi connectivity index (χ4n) is 0.426. The Kier molecular flexibility index (Phi) is 4.78. The van der Waals surface area contributed by atoms with E-state index in [1.807, 2.05) is 0 Å². The third-order valence-electron chi connectivity index (χ3n) is 0.816. The number of carbonyl (C=O) groups is 2. The zero-order chi connectivity index (χ0) is 10.3. The highest BCUT2D eigenvalue weighted by Gasteiger charge is 1.97. The molecular weight excluding hydrogens is 174 g/mol. The molecular formula is C7H9N3O3. The Hall–Kier alpha value is -1.98. The molecule has 0 spiro atoms. The molecule has 0 saturated heterocycles. The second kappa shape index (κ2) is 5.64. The molecule has 6 heteroatoms. The highest BCUT2D eigenvalue weighted by molar-refractivity contribution is 5.90. The first-order valence-corrected chi connectivity index (χ1v) is 3.29. The molecule has 0 unspecified atom stereocenters. The van der Waals surface area contributed by atoms with Crippen LogP contribution < -0.4 is 5.73 Å². The molecule has 0 radical (unpaired) electrons. The number of carboxylic acids is 1. The molecule has 0 fully saturated rings. The molecule has 1 aromatic heterocycles. The number of carbonyl (C=O) groups excluding carboxylic acids is 1. The van der Waals surface area contributed by atoms with Crippen LogP contribution in [0.4, 0.5) is 0 Å². The van der Waals surface area contributed by atoms with Crippen molar-refractivity contribution in [3.63, 3.8) is 0 Å². The van der Waals surface area contributed by atoms with Gasteiger partial charge in [-0.25, -0.2) is 4.98 Å². The molecule has 0 aliphatic rings. The highest BCUT2D eigenvalue weighted by atomic mass is 16.4. The molecule has 0 atom stereocenters. The zero-order valence-corrected chi connectivity index (χ0v) is 6.97. The number of hydrogen-bond donors (Lipinski definition) is 2. The Morgan fingerprint density at radius 2 is 2.00 bits per heavy atom. The van der Waals surface area contributed by atoms with Gasteiger partial charge >= 0.3 is 0 Å². The molecule has 3 N–H and O–H groups in total. The number of aromatic nitrogens is 2. The molecule has 0 aliphatic heterocycles. The van der Waals surface area contributed by atoms with Crippen LogP contribution in [0.25, 0.3) is 0 Å². The monoisotopic (exact) mass is 183 g/mol. The number of rotatable bonds is 1. The van der Waals surface area contributed by atoms with Crippen molar-refractivity contribution < 1.29 is 14.7 Å². The molecule has 0 bridgehead atoms. The fraction of sp³-hybridized carbons (Fsp3) is 0.143. The minimum Gasteiger partial charge on any atom is -0.481 e. The summed E-state index contributed by atoms with van der Waals surface area (Å²) in [5.41, 5.74) is 5.06. The summed E-state index contributed by atoms with van der Waals surface area (Å²) in [6.07, 6.45) is 4.22.